The van der Waals surface area contributed by atoms with E-state index in [4.69, 9.17) is 5.26 Å². The SMILES string of the molecule is CCC(C)N(C)CCNC(=O)C(C#N)C(C)C. The van der Waals surface area contributed by atoms with Crippen LogP contribution in [-0.4, -0.2) is 37.0 Å². The van der Waals surface area contributed by atoms with Crippen LogP contribution in [0.2, 0.25) is 0 Å². The zero-order valence-electron chi connectivity index (χ0n) is 11.7. The molecule has 0 rings (SSSR count). The molecule has 0 aliphatic carbocycles. The van der Waals surface area contributed by atoms with E-state index < -0.39 is 5.92 Å². The maximum Gasteiger partial charge on any atom is 0.237 e. The Hall–Kier alpha value is -1.08. The summed E-state index contributed by atoms with van der Waals surface area (Å²) in [5, 5.41) is 11.7. The lowest BCUT2D eigenvalue weighted by molar-refractivity contribution is -0.124. The number of hydrogen-bond acceptors (Lipinski definition) is 3. The van der Waals surface area contributed by atoms with E-state index in [1.165, 1.54) is 0 Å². The standard InChI is InChI=1S/C13H25N3O/c1-6-11(4)16(5)8-7-15-13(17)12(9-14)10(2)3/h10-12H,6-8H2,1-5H3,(H,15,17). The van der Waals surface area contributed by atoms with Crippen molar-refractivity contribution in [1.82, 2.24) is 10.2 Å². The van der Waals surface area contributed by atoms with Crippen LogP contribution in [0.3, 0.4) is 0 Å². The average Bonchev–Trinajstić information content (AvgIpc) is 2.28. The lowest BCUT2D eigenvalue weighted by atomic mass is 9.97. The average molecular weight is 239 g/mol. The molecule has 0 fully saturated rings. The molecule has 4 nitrogen and oxygen atoms in total. The number of nitrogens with one attached hydrogen (secondary N) is 1. The second kappa shape index (κ2) is 8.08. The Balaban J connectivity index is 3.97. The number of amides is 1. The molecule has 0 aromatic rings. The van der Waals surface area contributed by atoms with Crippen LogP contribution >= 0.6 is 0 Å². The first kappa shape index (κ1) is 15.9. The van der Waals surface area contributed by atoms with Crippen LogP contribution in [0.15, 0.2) is 0 Å². The molecule has 0 spiro atoms. The summed E-state index contributed by atoms with van der Waals surface area (Å²) in [6.07, 6.45) is 1.09. The highest BCUT2D eigenvalue weighted by atomic mass is 16.1. The molecular formula is C13H25N3O. The quantitative estimate of drug-likeness (QED) is 0.734. The number of carbonyl (C=O) groups is 1. The van der Waals surface area contributed by atoms with Crippen LogP contribution < -0.4 is 5.32 Å². The highest BCUT2D eigenvalue weighted by molar-refractivity contribution is 5.81. The summed E-state index contributed by atoms with van der Waals surface area (Å²) in [5.41, 5.74) is 0. The van der Waals surface area contributed by atoms with Crippen molar-refractivity contribution in [1.29, 1.82) is 5.26 Å². The number of likely N-dealkylation sites (N-methyl/N-ethyl adjacent to an activating group) is 1. The van der Waals surface area contributed by atoms with Crippen LogP contribution in [-0.2, 0) is 4.79 Å². The predicted molar refractivity (Wildman–Crippen MR) is 69.3 cm³/mol. The van der Waals surface area contributed by atoms with Crippen LogP contribution in [0.5, 0.6) is 0 Å². The van der Waals surface area contributed by atoms with Gasteiger partial charge in [-0.2, -0.15) is 5.26 Å². The van der Waals surface area contributed by atoms with E-state index in [2.05, 4.69) is 24.1 Å². The second-order valence-electron chi connectivity index (χ2n) is 4.88. The monoisotopic (exact) mass is 239 g/mol. The molecule has 1 N–H and O–H groups in total. The van der Waals surface area contributed by atoms with Crippen molar-refractivity contribution in [2.75, 3.05) is 20.1 Å². The molecule has 0 aromatic heterocycles. The number of hydrogen-bond donors (Lipinski definition) is 1. The van der Waals surface area contributed by atoms with Crippen molar-refractivity contribution in [3.8, 4) is 6.07 Å². The smallest absolute Gasteiger partial charge is 0.237 e. The van der Waals surface area contributed by atoms with Crippen LogP contribution in [0.25, 0.3) is 0 Å². The summed E-state index contributed by atoms with van der Waals surface area (Å²) in [6, 6.07) is 2.57. The van der Waals surface area contributed by atoms with E-state index in [0.29, 0.717) is 12.6 Å². The molecular weight excluding hydrogens is 214 g/mol. The van der Waals surface area contributed by atoms with Gasteiger partial charge >= 0.3 is 0 Å². The minimum Gasteiger partial charge on any atom is -0.354 e. The molecule has 2 unspecified atom stereocenters. The third-order valence-electron chi connectivity index (χ3n) is 3.20. The first-order chi connectivity index (χ1) is 7.93. The van der Waals surface area contributed by atoms with Crippen molar-refractivity contribution in [3.63, 3.8) is 0 Å². The number of carbonyl (C=O) groups excluding carboxylic acids is 1. The minimum atomic E-state index is -0.538. The van der Waals surface area contributed by atoms with E-state index in [-0.39, 0.29) is 11.8 Å². The molecule has 2 atom stereocenters. The van der Waals surface area contributed by atoms with Crippen LogP contribution in [0.4, 0.5) is 0 Å². The van der Waals surface area contributed by atoms with E-state index in [1.54, 1.807) is 0 Å². The third-order valence-corrected chi connectivity index (χ3v) is 3.20. The Labute approximate surface area is 105 Å². The molecule has 17 heavy (non-hydrogen) atoms. The van der Waals surface area contributed by atoms with Crippen molar-refractivity contribution >= 4 is 5.91 Å². The summed E-state index contributed by atoms with van der Waals surface area (Å²) in [5.74, 6) is -0.628. The number of rotatable bonds is 7. The lowest BCUT2D eigenvalue weighted by Crippen LogP contribution is -2.39. The lowest BCUT2D eigenvalue weighted by Gasteiger charge is -2.23. The van der Waals surface area contributed by atoms with Gasteiger partial charge in [0.05, 0.1) is 6.07 Å². The first-order valence-corrected chi connectivity index (χ1v) is 6.31. The Bertz CT molecular complexity index is 270. The largest absolute Gasteiger partial charge is 0.354 e. The van der Waals surface area contributed by atoms with Crippen molar-refractivity contribution in [3.05, 3.63) is 0 Å². The first-order valence-electron chi connectivity index (χ1n) is 6.31. The van der Waals surface area contributed by atoms with E-state index >= 15 is 0 Å². The van der Waals surface area contributed by atoms with Gasteiger partial charge in [-0.1, -0.05) is 20.8 Å². The Morgan fingerprint density at radius 3 is 2.41 bits per heavy atom. The molecule has 0 saturated carbocycles. The maximum absolute atomic E-state index is 11.7. The van der Waals surface area contributed by atoms with E-state index in [0.717, 1.165) is 13.0 Å². The van der Waals surface area contributed by atoms with Gasteiger partial charge in [0.25, 0.3) is 0 Å². The van der Waals surface area contributed by atoms with Gasteiger partial charge in [0.1, 0.15) is 5.92 Å². The summed E-state index contributed by atoms with van der Waals surface area (Å²) in [6.45, 7) is 9.50. The molecule has 0 heterocycles. The van der Waals surface area contributed by atoms with Crippen molar-refractivity contribution in [2.24, 2.45) is 11.8 Å². The van der Waals surface area contributed by atoms with E-state index in [1.807, 2.05) is 27.0 Å². The molecule has 0 bridgehead atoms. The number of nitriles is 1. The van der Waals surface area contributed by atoms with Gasteiger partial charge in [0.15, 0.2) is 0 Å². The minimum absolute atomic E-state index is 0.0623. The van der Waals surface area contributed by atoms with Gasteiger partial charge in [-0.25, -0.2) is 0 Å². The van der Waals surface area contributed by atoms with Gasteiger partial charge in [-0.15, -0.1) is 0 Å². The molecule has 1 amide bonds. The molecule has 0 saturated heterocycles. The zero-order chi connectivity index (χ0) is 13.4. The highest BCUT2D eigenvalue weighted by Crippen LogP contribution is 2.09. The second-order valence-corrected chi connectivity index (χ2v) is 4.88. The third kappa shape index (κ3) is 5.69. The van der Waals surface area contributed by atoms with Crippen LogP contribution in [0.1, 0.15) is 34.1 Å². The molecule has 0 radical (unpaired) electrons. The molecule has 0 aliphatic heterocycles. The summed E-state index contributed by atoms with van der Waals surface area (Å²) >= 11 is 0. The van der Waals surface area contributed by atoms with E-state index in [9.17, 15) is 4.79 Å². The summed E-state index contributed by atoms with van der Waals surface area (Å²) in [4.78, 5) is 13.9. The van der Waals surface area contributed by atoms with Crippen LogP contribution in [0, 0.1) is 23.2 Å². The summed E-state index contributed by atoms with van der Waals surface area (Å²) < 4.78 is 0. The summed E-state index contributed by atoms with van der Waals surface area (Å²) in [7, 11) is 2.05. The van der Waals surface area contributed by atoms with Crippen molar-refractivity contribution < 1.29 is 4.79 Å². The fraction of sp³-hybridized carbons (Fsp3) is 0.846. The normalized spacial score (nSPS) is 14.5. The highest BCUT2D eigenvalue weighted by Gasteiger charge is 2.21. The predicted octanol–water partition coefficient (Wildman–Crippen LogP) is 1.63. The molecule has 4 heteroatoms. The van der Waals surface area contributed by atoms with Gasteiger partial charge in [0.2, 0.25) is 5.91 Å². The number of nitrogens with zero attached hydrogens (tertiary/aromatic N) is 2. The maximum atomic E-state index is 11.7. The van der Waals surface area contributed by atoms with Gasteiger partial charge in [-0.05, 0) is 26.3 Å². The topological polar surface area (TPSA) is 56.1 Å². The van der Waals surface area contributed by atoms with Gasteiger partial charge in [-0.3, -0.25) is 4.79 Å². The Kier molecular flexibility index (Phi) is 7.56. The fourth-order valence-corrected chi connectivity index (χ4v) is 1.51. The Morgan fingerprint density at radius 2 is 2.00 bits per heavy atom. The van der Waals surface area contributed by atoms with Gasteiger partial charge in [0, 0.05) is 19.1 Å². The molecule has 0 aliphatic rings. The van der Waals surface area contributed by atoms with Gasteiger partial charge < -0.3 is 10.2 Å². The molecule has 0 aromatic carbocycles. The molecule has 98 valence electrons. The zero-order valence-corrected chi connectivity index (χ0v) is 11.7. The Morgan fingerprint density at radius 1 is 1.41 bits per heavy atom. The van der Waals surface area contributed by atoms with Crippen molar-refractivity contribution in [2.45, 2.75) is 40.2 Å². The fourth-order valence-electron chi connectivity index (χ4n) is 1.51.